The molecule has 3 N–H and O–H groups in total. The van der Waals surface area contributed by atoms with Crippen LogP contribution < -0.4 is 10.5 Å². The van der Waals surface area contributed by atoms with E-state index < -0.39 is 11.6 Å². The molecule has 5 nitrogen and oxygen atoms in total. The normalized spacial score (nSPS) is 12.1. The summed E-state index contributed by atoms with van der Waals surface area (Å²) in [6.07, 6.45) is 0. The summed E-state index contributed by atoms with van der Waals surface area (Å²) in [6.45, 7) is 11.8. The van der Waals surface area contributed by atoms with E-state index in [2.05, 4.69) is 0 Å². The minimum Gasteiger partial charge on any atom is -0.503 e. The van der Waals surface area contributed by atoms with Crippen molar-refractivity contribution in [2.24, 2.45) is 5.41 Å². The maximum Gasteiger partial charge on any atom is 0.352 e. The van der Waals surface area contributed by atoms with E-state index in [4.69, 9.17) is 15.2 Å². The summed E-state index contributed by atoms with van der Waals surface area (Å²) >= 11 is 1.14. The third-order valence-corrected chi connectivity index (χ3v) is 4.41. The molecule has 0 aliphatic carbocycles. The molecule has 0 saturated carbocycles. The van der Waals surface area contributed by atoms with E-state index in [9.17, 15) is 9.90 Å². The summed E-state index contributed by atoms with van der Waals surface area (Å²) in [5, 5.41) is 10.7. The summed E-state index contributed by atoms with van der Waals surface area (Å²) in [5.41, 5.74) is 6.38. The SMILES string of the molecule is CC(C)(C)COc1c(C(=O)OC(C)(C)C)sc(-c2cccc(N)c2)c1O. The van der Waals surface area contributed by atoms with Crippen LogP contribution in [-0.4, -0.2) is 23.3 Å². The monoisotopic (exact) mass is 377 g/mol. The highest BCUT2D eigenvalue weighted by molar-refractivity contribution is 7.18. The molecule has 0 spiro atoms. The summed E-state index contributed by atoms with van der Waals surface area (Å²) in [5.74, 6) is -0.417. The number of thiophene rings is 1. The second-order valence-electron chi connectivity index (χ2n) is 8.41. The Labute approximate surface area is 158 Å². The average molecular weight is 378 g/mol. The first-order valence-electron chi connectivity index (χ1n) is 8.45. The number of hydrogen-bond donors (Lipinski definition) is 2. The first-order chi connectivity index (χ1) is 11.9. The third kappa shape index (κ3) is 5.14. The summed E-state index contributed by atoms with van der Waals surface area (Å²) < 4.78 is 11.3. The summed E-state index contributed by atoms with van der Waals surface area (Å²) in [7, 11) is 0. The van der Waals surface area contributed by atoms with Crippen molar-refractivity contribution in [3.05, 3.63) is 29.1 Å². The highest BCUT2D eigenvalue weighted by atomic mass is 32.1. The van der Waals surface area contributed by atoms with Gasteiger partial charge in [0.2, 0.25) is 0 Å². The minimum absolute atomic E-state index is 0.0642. The van der Waals surface area contributed by atoms with Gasteiger partial charge in [-0.25, -0.2) is 4.79 Å². The number of esters is 1. The quantitative estimate of drug-likeness (QED) is 0.573. The van der Waals surface area contributed by atoms with E-state index in [1.165, 1.54) is 0 Å². The Morgan fingerprint density at radius 1 is 1.19 bits per heavy atom. The van der Waals surface area contributed by atoms with Gasteiger partial charge in [0, 0.05) is 5.69 Å². The van der Waals surface area contributed by atoms with Gasteiger partial charge in [0.15, 0.2) is 16.4 Å². The number of anilines is 1. The lowest BCUT2D eigenvalue weighted by atomic mass is 9.99. The first-order valence-corrected chi connectivity index (χ1v) is 9.27. The molecule has 0 fully saturated rings. The smallest absolute Gasteiger partial charge is 0.352 e. The first kappa shape index (κ1) is 20.1. The van der Waals surface area contributed by atoms with Gasteiger partial charge >= 0.3 is 5.97 Å². The molecule has 0 aliphatic heterocycles. The van der Waals surface area contributed by atoms with Crippen LogP contribution in [0.25, 0.3) is 10.4 Å². The van der Waals surface area contributed by atoms with Crippen LogP contribution in [0.15, 0.2) is 24.3 Å². The van der Waals surface area contributed by atoms with Crippen LogP contribution in [0.3, 0.4) is 0 Å². The molecule has 2 aromatic rings. The summed E-state index contributed by atoms with van der Waals surface area (Å²) in [4.78, 5) is 13.4. The molecule has 1 aromatic heterocycles. The molecule has 2 rings (SSSR count). The number of nitrogen functional groups attached to an aromatic ring is 1. The Morgan fingerprint density at radius 3 is 2.38 bits per heavy atom. The van der Waals surface area contributed by atoms with Crippen LogP contribution in [-0.2, 0) is 4.74 Å². The maximum atomic E-state index is 12.6. The Bertz CT molecular complexity index is 797. The predicted molar refractivity (Wildman–Crippen MR) is 106 cm³/mol. The van der Waals surface area contributed by atoms with Crippen molar-refractivity contribution in [2.75, 3.05) is 12.3 Å². The second-order valence-corrected chi connectivity index (χ2v) is 9.44. The number of nitrogens with two attached hydrogens (primary N) is 1. The molecule has 0 saturated heterocycles. The second kappa shape index (κ2) is 7.19. The molecule has 0 bridgehead atoms. The molecule has 0 unspecified atom stereocenters. The number of hydrogen-bond acceptors (Lipinski definition) is 6. The van der Waals surface area contributed by atoms with Crippen molar-refractivity contribution in [3.8, 4) is 21.9 Å². The van der Waals surface area contributed by atoms with E-state index in [1.54, 1.807) is 39.0 Å². The fourth-order valence-electron chi connectivity index (χ4n) is 2.16. The molecule has 1 aromatic carbocycles. The molecule has 0 radical (unpaired) electrons. The fourth-order valence-corrected chi connectivity index (χ4v) is 3.18. The van der Waals surface area contributed by atoms with Crippen molar-refractivity contribution in [1.29, 1.82) is 0 Å². The zero-order valence-electron chi connectivity index (χ0n) is 16.2. The topological polar surface area (TPSA) is 81.8 Å². The van der Waals surface area contributed by atoms with Gasteiger partial charge in [-0.05, 0) is 43.9 Å². The Balaban J connectivity index is 2.50. The van der Waals surface area contributed by atoms with Gasteiger partial charge in [-0.2, -0.15) is 0 Å². The highest BCUT2D eigenvalue weighted by Crippen LogP contribution is 2.48. The van der Waals surface area contributed by atoms with E-state index in [-0.39, 0.29) is 21.8 Å². The minimum atomic E-state index is -0.644. The molecular weight excluding hydrogens is 350 g/mol. The van der Waals surface area contributed by atoms with Crippen LogP contribution in [0.5, 0.6) is 11.5 Å². The predicted octanol–water partition coefficient (Wildman–Crippen LogP) is 5.08. The Kier molecular flexibility index (Phi) is 5.56. The largest absolute Gasteiger partial charge is 0.503 e. The van der Waals surface area contributed by atoms with Gasteiger partial charge in [-0.15, -0.1) is 11.3 Å². The zero-order chi connectivity index (χ0) is 19.7. The van der Waals surface area contributed by atoms with Crippen LogP contribution in [0.2, 0.25) is 0 Å². The van der Waals surface area contributed by atoms with Crippen molar-refractivity contribution >= 4 is 23.0 Å². The molecular formula is C20H27NO4S. The van der Waals surface area contributed by atoms with Crippen molar-refractivity contribution < 1.29 is 19.4 Å². The molecule has 142 valence electrons. The number of aromatic hydroxyl groups is 1. The summed E-state index contributed by atoms with van der Waals surface area (Å²) in [6, 6.07) is 7.14. The van der Waals surface area contributed by atoms with Crippen LogP contribution >= 0.6 is 11.3 Å². The van der Waals surface area contributed by atoms with Gasteiger partial charge in [-0.3, -0.25) is 0 Å². The highest BCUT2D eigenvalue weighted by Gasteiger charge is 2.29. The van der Waals surface area contributed by atoms with Gasteiger partial charge in [0.1, 0.15) is 5.60 Å². The van der Waals surface area contributed by atoms with Gasteiger partial charge in [-0.1, -0.05) is 32.9 Å². The van der Waals surface area contributed by atoms with E-state index in [0.29, 0.717) is 17.2 Å². The lowest BCUT2D eigenvalue weighted by Crippen LogP contribution is -2.24. The van der Waals surface area contributed by atoms with Crippen LogP contribution in [0.4, 0.5) is 5.69 Å². The maximum absolute atomic E-state index is 12.6. The van der Waals surface area contributed by atoms with Crippen LogP contribution in [0.1, 0.15) is 51.2 Å². The molecule has 1 heterocycles. The average Bonchev–Trinajstić information content (AvgIpc) is 2.80. The van der Waals surface area contributed by atoms with Crippen LogP contribution in [0, 0.1) is 5.41 Å². The molecule has 26 heavy (non-hydrogen) atoms. The lowest BCUT2D eigenvalue weighted by Gasteiger charge is -2.21. The van der Waals surface area contributed by atoms with Crippen molar-refractivity contribution in [1.82, 2.24) is 0 Å². The molecule has 6 heteroatoms. The number of ether oxygens (including phenoxy) is 2. The number of rotatable bonds is 4. The number of benzene rings is 1. The van der Waals surface area contributed by atoms with E-state index in [1.807, 2.05) is 26.8 Å². The van der Waals surface area contributed by atoms with Gasteiger partial charge in [0.25, 0.3) is 0 Å². The fraction of sp³-hybridized carbons (Fsp3) is 0.450. The Hall–Kier alpha value is -2.21. The zero-order valence-corrected chi connectivity index (χ0v) is 17.0. The van der Waals surface area contributed by atoms with Crippen molar-refractivity contribution in [2.45, 2.75) is 47.1 Å². The van der Waals surface area contributed by atoms with Gasteiger partial charge in [0.05, 0.1) is 11.5 Å². The van der Waals surface area contributed by atoms with Gasteiger partial charge < -0.3 is 20.3 Å². The number of carbonyl (C=O) groups is 1. The van der Waals surface area contributed by atoms with Crippen molar-refractivity contribution in [3.63, 3.8) is 0 Å². The van der Waals surface area contributed by atoms with E-state index in [0.717, 1.165) is 16.9 Å². The Morgan fingerprint density at radius 2 is 1.85 bits per heavy atom. The standard InChI is InChI=1S/C20H27NO4S/c1-19(2,3)11-24-15-14(22)16(12-8-7-9-13(21)10-12)26-17(15)18(23)25-20(4,5)6/h7-10,22H,11,21H2,1-6H3. The van der Waals surface area contributed by atoms with E-state index >= 15 is 0 Å². The molecule has 0 atom stereocenters. The number of carbonyl (C=O) groups excluding carboxylic acids is 1. The molecule has 0 amide bonds. The third-order valence-electron chi connectivity index (χ3n) is 3.22. The molecule has 0 aliphatic rings. The lowest BCUT2D eigenvalue weighted by molar-refractivity contribution is 0.00700.